The molecule has 0 spiro atoms. The summed E-state index contributed by atoms with van der Waals surface area (Å²) in [7, 11) is 0. The number of rotatable bonds is 6. The van der Waals surface area contributed by atoms with E-state index in [4.69, 9.17) is 5.73 Å². The zero-order valence-corrected chi connectivity index (χ0v) is 11.6. The van der Waals surface area contributed by atoms with Crippen LogP contribution in [0, 0.1) is 0 Å². The second kappa shape index (κ2) is 6.68. The highest BCUT2D eigenvalue weighted by molar-refractivity contribution is 5.94. The van der Waals surface area contributed by atoms with Gasteiger partial charge in [-0.2, -0.15) is 0 Å². The average Bonchev–Trinajstić information content (AvgIpc) is 2.80. The standard InChI is InChI=1S/C15H23N3O/c1-2-8-18-10-13-5-4-12(9-14(13)11-18)15(19)17-7-3-6-16/h4-5,9H,2-3,6-8,10-11,16H2,1H3,(H,17,19). The summed E-state index contributed by atoms with van der Waals surface area (Å²) >= 11 is 0. The van der Waals surface area contributed by atoms with Gasteiger partial charge in [0, 0.05) is 25.2 Å². The summed E-state index contributed by atoms with van der Waals surface area (Å²) in [5, 5.41) is 2.89. The molecule has 0 aromatic heterocycles. The highest BCUT2D eigenvalue weighted by Gasteiger charge is 2.19. The molecule has 1 aliphatic heterocycles. The number of carbonyl (C=O) groups is 1. The molecular formula is C15H23N3O. The van der Waals surface area contributed by atoms with E-state index >= 15 is 0 Å². The molecule has 19 heavy (non-hydrogen) atoms. The quantitative estimate of drug-likeness (QED) is 0.763. The van der Waals surface area contributed by atoms with Crippen molar-refractivity contribution in [2.45, 2.75) is 32.9 Å². The van der Waals surface area contributed by atoms with E-state index in [1.807, 2.05) is 12.1 Å². The Labute approximate surface area is 115 Å². The molecular weight excluding hydrogens is 238 g/mol. The molecule has 1 amide bonds. The largest absolute Gasteiger partial charge is 0.352 e. The number of hydrogen-bond donors (Lipinski definition) is 2. The number of carbonyl (C=O) groups excluding carboxylic acids is 1. The van der Waals surface area contributed by atoms with E-state index in [-0.39, 0.29) is 5.91 Å². The Balaban J connectivity index is 1.99. The summed E-state index contributed by atoms with van der Waals surface area (Å²) in [5.74, 6) is 0.00481. The molecule has 1 aromatic rings. The van der Waals surface area contributed by atoms with E-state index in [1.54, 1.807) is 0 Å². The minimum Gasteiger partial charge on any atom is -0.352 e. The molecule has 1 aromatic carbocycles. The van der Waals surface area contributed by atoms with Gasteiger partial charge in [0.1, 0.15) is 0 Å². The highest BCUT2D eigenvalue weighted by Crippen LogP contribution is 2.23. The fraction of sp³-hybridized carbons (Fsp3) is 0.533. The second-order valence-electron chi connectivity index (χ2n) is 5.09. The summed E-state index contributed by atoms with van der Waals surface area (Å²) in [6.45, 7) is 6.54. The number of benzene rings is 1. The highest BCUT2D eigenvalue weighted by atomic mass is 16.1. The van der Waals surface area contributed by atoms with Gasteiger partial charge >= 0.3 is 0 Å². The third-order valence-corrected chi connectivity index (χ3v) is 3.46. The zero-order valence-electron chi connectivity index (χ0n) is 11.6. The van der Waals surface area contributed by atoms with Crippen molar-refractivity contribution in [3.63, 3.8) is 0 Å². The Hall–Kier alpha value is -1.39. The average molecular weight is 261 g/mol. The number of nitrogens with two attached hydrogens (primary N) is 1. The molecule has 3 N–H and O–H groups in total. The van der Waals surface area contributed by atoms with Gasteiger partial charge in [0.25, 0.3) is 5.91 Å². The van der Waals surface area contributed by atoms with Crippen molar-refractivity contribution in [2.24, 2.45) is 5.73 Å². The second-order valence-corrected chi connectivity index (χ2v) is 5.09. The molecule has 2 rings (SSSR count). The number of nitrogens with one attached hydrogen (secondary N) is 1. The maximum Gasteiger partial charge on any atom is 0.251 e. The lowest BCUT2D eigenvalue weighted by molar-refractivity contribution is 0.0953. The van der Waals surface area contributed by atoms with Gasteiger partial charge in [-0.15, -0.1) is 0 Å². The Kier molecular flexibility index (Phi) is 4.93. The molecule has 104 valence electrons. The van der Waals surface area contributed by atoms with E-state index in [0.717, 1.165) is 31.6 Å². The van der Waals surface area contributed by atoms with Crippen LogP contribution >= 0.6 is 0 Å². The molecule has 4 nitrogen and oxygen atoms in total. The first-order valence-electron chi connectivity index (χ1n) is 7.07. The van der Waals surface area contributed by atoms with Crippen LogP contribution in [0.1, 0.15) is 41.3 Å². The van der Waals surface area contributed by atoms with Crippen LogP contribution in [0.5, 0.6) is 0 Å². The molecule has 0 aliphatic carbocycles. The fourth-order valence-electron chi connectivity index (χ4n) is 2.49. The van der Waals surface area contributed by atoms with E-state index < -0.39 is 0 Å². The van der Waals surface area contributed by atoms with Crippen LogP contribution in [0.25, 0.3) is 0 Å². The lowest BCUT2D eigenvalue weighted by Crippen LogP contribution is -2.26. The fourth-order valence-corrected chi connectivity index (χ4v) is 2.49. The number of nitrogens with zero attached hydrogens (tertiary/aromatic N) is 1. The lowest BCUT2D eigenvalue weighted by atomic mass is 10.1. The van der Waals surface area contributed by atoms with Crippen LogP contribution in [0.4, 0.5) is 0 Å². The van der Waals surface area contributed by atoms with Crippen LogP contribution in [-0.2, 0) is 13.1 Å². The SMILES string of the molecule is CCCN1Cc2ccc(C(=O)NCCCN)cc2C1. The van der Waals surface area contributed by atoms with Gasteiger partial charge in [-0.25, -0.2) is 0 Å². The minimum atomic E-state index is 0.00481. The van der Waals surface area contributed by atoms with Crippen molar-refractivity contribution in [1.29, 1.82) is 0 Å². The molecule has 0 bridgehead atoms. The molecule has 0 atom stereocenters. The van der Waals surface area contributed by atoms with E-state index in [0.29, 0.717) is 13.1 Å². The van der Waals surface area contributed by atoms with Crippen molar-refractivity contribution >= 4 is 5.91 Å². The summed E-state index contributed by atoms with van der Waals surface area (Å²) in [4.78, 5) is 14.4. The Bertz CT molecular complexity index is 445. The normalized spacial score (nSPS) is 14.4. The molecule has 0 saturated carbocycles. The molecule has 1 heterocycles. The van der Waals surface area contributed by atoms with Gasteiger partial charge in [0.2, 0.25) is 0 Å². The van der Waals surface area contributed by atoms with Gasteiger partial charge < -0.3 is 11.1 Å². The van der Waals surface area contributed by atoms with Crippen LogP contribution in [0.2, 0.25) is 0 Å². The molecule has 1 aliphatic rings. The lowest BCUT2D eigenvalue weighted by Gasteiger charge is -2.11. The van der Waals surface area contributed by atoms with Crippen LogP contribution in [-0.4, -0.2) is 30.4 Å². The van der Waals surface area contributed by atoms with Crippen LogP contribution in [0.15, 0.2) is 18.2 Å². The van der Waals surface area contributed by atoms with Gasteiger partial charge in [0.15, 0.2) is 0 Å². The monoisotopic (exact) mass is 261 g/mol. The van der Waals surface area contributed by atoms with Crippen LogP contribution in [0.3, 0.4) is 0 Å². The predicted molar refractivity (Wildman–Crippen MR) is 76.9 cm³/mol. The van der Waals surface area contributed by atoms with Crippen molar-refractivity contribution in [2.75, 3.05) is 19.6 Å². The van der Waals surface area contributed by atoms with E-state index in [2.05, 4.69) is 23.2 Å². The van der Waals surface area contributed by atoms with Crippen molar-refractivity contribution in [3.8, 4) is 0 Å². The summed E-state index contributed by atoms with van der Waals surface area (Å²) in [6, 6.07) is 6.04. The van der Waals surface area contributed by atoms with Crippen molar-refractivity contribution in [1.82, 2.24) is 10.2 Å². The van der Waals surface area contributed by atoms with Gasteiger partial charge in [0.05, 0.1) is 0 Å². The molecule has 0 unspecified atom stereocenters. The van der Waals surface area contributed by atoms with Crippen LogP contribution < -0.4 is 11.1 Å². The topological polar surface area (TPSA) is 58.4 Å². The maximum absolute atomic E-state index is 12.0. The summed E-state index contributed by atoms with van der Waals surface area (Å²) in [6.07, 6.45) is 1.99. The summed E-state index contributed by atoms with van der Waals surface area (Å²) < 4.78 is 0. The first kappa shape index (κ1) is 14.0. The number of fused-ring (bicyclic) bond motifs is 1. The Morgan fingerprint density at radius 1 is 1.37 bits per heavy atom. The maximum atomic E-state index is 12.0. The Morgan fingerprint density at radius 3 is 2.89 bits per heavy atom. The molecule has 0 fully saturated rings. The summed E-state index contributed by atoms with van der Waals surface area (Å²) in [5.41, 5.74) is 8.82. The third kappa shape index (κ3) is 3.55. The number of amides is 1. The predicted octanol–water partition coefficient (Wildman–Crippen LogP) is 1.49. The Morgan fingerprint density at radius 2 is 2.16 bits per heavy atom. The third-order valence-electron chi connectivity index (χ3n) is 3.46. The van der Waals surface area contributed by atoms with Crippen molar-refractivity contribution < 1.29 is 4.79 Å². The first-order chi connectivity index (χ1) is 9.24. The van der Waals surface area contributed by atoms with Crippen molar-refractivity contribution in [3.05, 3.63) is 34.9 Å². The molecule has 0 radical (unpaired) electrons. The first-order valence-corrected chi connectivity index (χ1v) is 7.07. The minimum absolute atomic E-state index is 0.00481. The molecule has 0 saturated heterocycles. The van der Waals surface area contributed by atoms with E-state index in [9.17, 15) is 4.79 Å². The molecule has 4 heteroatoms. The smallest absolute Gasteiger partial charge is 0.251 e. The van der Waals surface area contributed by atoms with Gasteiger partial charge in [-0.3, -0.25) is 9.69 Å². The van der Waals surface area contributed by atoms with Gasteiger partial charge in [-0.1, -0.05) is 13.0 Å². The number of hydrogen-bond acceptors (Lipinski definition) is 3. The van der Waals surface area contributed by atoms with E-state index in [1.165, 1.54) is 17.5 Å². The zero-order chi connectivity index (χ0) is 13.7. The van der Waals surface area contributed by atoms with Gasteiger partial charge in [-0.05, 0) is 49.2 Å².